The topological polar surface area (TPSA) is 106 Å². The summed E-state index contributed by atoms with van der Waals surface area (Å²) in [4.78, 5) is 22.2. The normalized spacial score (nSPS) is 14.2. The van der Waals surface area contributed by atoms with Crippen LogP contribution in [-0.2, 0) is 6.18 Å². The molecular weight excluding hydrogens is 581 g/mol. The van der Waals surface area contributed by atoms with Gasteiger partial charge in [-0.05, 0) is 39.2 Å². The van der Waals surface area contributed by atoms with Crippen molar-refractivity contribution >= 4 is 24.5 Å². The quantitative estimate of drug-likeness (QED) is 0.199. The summed E-state index contributed by atoms with van der Waals surface area (Å²) in [5, 5.41) is 5.30. The first-order valence-corrected chi connectivity index (χ1v) is 13.6. The van der Waals surface area contributed by atoms with Gasteiger partial charge in [-0.25, -0.2) is 29.6 Å². The van der Waals surface area contributed by atoms with Crippen LogP contribution >= 0.6 is 13.5 Å². The van der Waals surface area contributed by atoms with Crippen LogP contribution in [0.3, 0.4) is 0 Å². The Morgan fingerprint density at radius 1 is 0.930 bits per heavy atom. The summed E-state index contributed by atoms with van der Waals surface area (Å²) in [6, 6.07) is 6.74. The van der Waals surface area contributed by atoms with E-state index in [-0.39, 0.29) is 31.4 Å². The van der Waals surface area contributed by atoms with Crippen molar-refractivity contribution < 1.29 is 22.6 Å². The van der Waals surface area contributed by atoms with Gasteiger partial charge in [-0.3, -0.25) is 0 Å². The maximum atomic E-state index is 13.4. The molecule has 10 nitrogen and oxygen atoms in total. The minimum Gasteiger partial charge on any atom is -0.480 e. The van der Waals surface area contributed by atoms with Crippen molar-refractivity contribution in [2.24, 2.45) is 0 Å². The minimum absolute atomic E-state index is 0. The number of ether oxygens (including phenoxy) is 2. The number of benzene rings is 1. The smallest absolute Gasteiger partial charge is 0.434 e. The first-order chi connectivity index (χ1) is 20.1. The average molecular weight is 613 g/mol. The second-order valence-corrected chi connectivity index (χ2v) is 10.5. The average Bonchev–Trinajstić information content (AvgIpc) is 3.61. The molecule has 1 aliphatic rings. The Morgan fingerprint density at radius 3 is 2.23 bits per heavy atom. The molecule has 0 N–H and O–H groups in total. The fourth-order valence-electron chi connectivity index (χ4n) is 5.04. The SMILES string of the molecule is COc1ncnc(C2CC2)c1-c1ncc2c(OC)nn([C@@H](C)c3ccc(-c4nc(C(F)(F)F)cn4C(C)C)cc3)c2n1.S. The van der Waals surface area contributed by atoms with Gasteiger partial charge in [0.1, 0.15) is 23.1 Å². The van der Waals surface area contributed by atoms with Crippen LogP contribution in [0.2, 0.25) is 0 Å². The molecule has 1 saturated carbocycles. The van der Waals surface area contributed by atoms with Crippen molar-refractivity contribution in [2.45, 2.75) is 57.8 Å². The van der Waals surface area contributed by atoms with Crippen molar-refractivity contribution in [3.63, 3.8) is 0 Å². The van der Waals surface area contributed by atoms with Crippen molar-refractivity contribution in [3.8, 4) is 34.5 Å². The molecule has 1 fully saturated rings. The van der Waals surface area contributed by atoms with Gasteiger partial charge in [0.15, 0.2) is 17.2 Å². The van der Waals surface area contributed by atoms with Crippen LogP contribution in [0.15, 0.2) is 43.0 Å². The van der Waals surface area contributed by atoms with E-state index in [0.717, 1.165) is 30.3 Å². The molecule has 226 valence electrons. The number of alkyl halides is 3. The molecule has 14 heteroatoms. The van der Waals surface area contributed by atoms with E-state index in [1.807, 2.05) is 32.9 Å². The monoisotopic (exact) mass is 612 g/mol. The molecule has 1 atom stereocenters. The zero-order valence-corrected chi connectivity index (χ0v) is 25.2. The van der Waals surface area contributed by atoms with E-state index in [2.05, 4.69) is 25.0 Å². The number of hydrogen-bond acceptors (Lipinski definition) is 8. The van der Waals surface area contributed by atoms with Gasteiger partial charge in [0.2, 0.25) is 11.8 Å². The largest absolute Gasteiger partial charge is 0.480 e. The molecule has 4 aromatic heterocycles. The number of aromatic nitrogens is 8. The van der Waals surface area contributed by atoms with Crippen LogP contribution in [0.5, 0.6) is 11.8 Å². The zero-order chi connectivity index (χ0) is 29.8. The lowest BCUT2D eigenvalue weighted by molar-refractivity contribution is -0.140. The molecular formula is C29H31F3N8O2S. The molecule has 43 heavy (non-hydrogen) atoms. The zero-order valence-electron chi connectivity index (χ0n) is 24.2. The predicted molar refractivity (Wildman–Crippen MR) is 159 cm³/mol. The first kappa shape index (κ1) is 30.3. The highest BCUT2D eigenvalue weighted by atomic mass is 32.1. The highest BCUT2D eigenvalue weighted by Gasteiger charge is 2.35. The number of fused-ring (bicyclic) bond motifs is 1. The Balaban J connectivity index is 0.00000368. The van der Waals surface area contributed by atoms with E-state index in [9.17, 15) is 13.2 Å². The number of halogens is 3. The van der Waals surface area contributed by atoms with Gasteiger partial charge in [0, 0.05) is 29.9 Å². The van der Waals surface area contributed by atoms with Crippen LogP contribution in [0.1, 0.15) is 68.6 Å². The molecule has 0 bridgehead atoms. The van der Waals surface area contributed by atoms with Gasteiger partial charge in [-0.2, -0.15) is 26.7 Å². The van der Waals surface area contributed by atoms with Crippen LogP contribution in [-0.4, -0.2) is 53.5 Å². The third-order valence-electron chi connectivity index (χ3n) is 7.43. The molecule has 1 aromatic carbocycles. The maximum absolute atomic E-state index is 13.4. The Labute approximate surface area is 252 Å². The van der Waals surface area contributed by atoms with Crippen LogP contribution < -0.4 is 9.47 Å². The third-order valence-corrected chi connectivity index (χ3v) is 7.43. The van der Waals surface area contributed by atoms with Gasteiger partial charge in [0.25, 0.3) is 0 Å². The summed E-state index contributed by atoms with van der Waals surface area (Å²) in [7, 11) is 3.09. The molecule has 6 rings (SSSR count). The molecule has 0 amide bonds. The van der Waals surface area contributed by atoms with Crippen molar-refractivity contribution in [3.05, 3.63) is 59.9 Å². The van der Waals surface area contributed by atoms with E-state index in [1.165, 1.54) is 18.0 Å². The number of rotatable bonds is 8. The Bertz CT molecular complexity index is 1760. The van der Waals surface area contributed by atoms with Gasteiger partial charge < -0.3 is 14.0 Å². The van der Waals surface area contributed by atoms with Crippen molar-refractivity contribution in [2.75, 3.05) is 14.2 Å². The molecule has 4 heterocycles. The van der Waals surface area contributed by atoms with E-state index >= 15 is 0 Å². The van der Waals surface area contributed by atoms with E-state index in [4.69, 9.17) is 14.5 Å². The molecule has 0 spiro atoms. The summed E-state index contributed by atoms with van der Waals surface area (Å²) in [6.45, 7) is 5.60. The minimum atomic E-state index is -4.53. The molecule has 0 unspecified atom stereocenters. The van der Waals surface area contributed by atoms with E-state index in [1.54, 1.807) is 30.1 Å². The second kappa shape index (κ2) is 11.5. The molecule has 0 radical (unpaired) electrons. The van der Waals surface area contributed by atoms with Crippen LogP contribution in [0.4, 0.5) is 13.2 Å². The number of nitrogens with zero attached hydrogens (tertiary/aromatic N) is 8. The van der Waals surface area contributed by atoms with Gasteiger partial charge in [0.05, 0.1) is 26.0 Å². The second-order valence-electron chi connectivity index (χ2n) is 10.5. The van der Waals surface area contributed by atoms with Crippen LogP contribution in [0, 0.1) is 0 Å². The summed E-state index contributed by atoms with van der Waals surface area (Å²) in [5.74, 6) is 1.77. The standard InChI is InChI=1S/C29H29F3N8O2.H2S/c1-15(2)39-13-21(29(30,31)32)36-25(39)19-10-6-17(7-11-19)16(3)40-26-20(27(38-40)41-4)12-33-24(37-26)22-23(18-8-9-18)34-14-35-28(22)42-5;/h6-7,10-16,18H,8-9H2,1-5H3;1H2/t16-;/m0./s1. The maximum Gasteiger partial charge on any atom is 0.434 e. The van der Waals surface area contributed by atoms with Crippen LogP contribution in [0.25, 0.3) is 33.8 Å². The number of methoxy groups -OCH3 is 2. The molecule has 0 saturated heterocycles. The molecule has 0 aliphatic heterocycles. The lowest BCUT2D eigenvalue weighted by Crippen LogP contribution is -2.10. The third kappa shape index (κ3) is 5.51. The summed E-state index contributed by atoms with van der Waals surface area (Å²) < 4.78 is 54.6. The first-order valence-electron chi connectivity index (χ1n) is 13.6. The summed E-state index contributed by atoms with van der Waals surface area (Å²) >= 11 is 0. The number of imidazole rings is 1. The summed E-state index contributed by atoms with van der Waals surface area (Å²) in [5.41, 5.74) is 2.59. The number of hydrogen-bond donors (Lipinski definition) is 0. The molecule has 5 aromatic rings. The van der Waals surface area contributed by atoms with E-state index in [0.29, 0.717) is 45.7 Å². The van der Waals surface area contributed by atoms with Gasteiger partial charge >= 0.3 is 6.18 Å². The highest BCUT2D eigenvalue weighted by Crippen LogP contribution is 2.45. The van der Waals surface area contributed by atoms with E-state index < -0.39 is 11.9 Å². The fraction of sp³-hybridized carbons (Fsp3) is 0.379. The Morgan fingerprint density at radius 2 is 1.63 bits per heavy atom. The lowest BCUT2D eigenvalue weighted by atomic mass is 10.1. The van der Waals surface area contributed by atoms with Crippen molar-refractivity contribution in [1.82, 2.24) is 39.3 Å². The van der Waals surface area contributed by atoms with Crippen molar-refractivity contribution in [1.29, 1.82) is 0 Å². The predicted octanol–water partition coefficient (Wildman–Crippen LogP) is 6.36. The summed E-state index contributed by atoms with van der Waals surface area (Å²) in [6.07, 6.45) is 1.75. The molecule has 1 aliphatic carbocycles. The fourth-order valence-corrected chi connectivity index (χ4v) is 5.04. The lowest BCUT2D eigenvalue weighted by Gasteiger charge is -2.15. The van der Waals surface area contributed by atoms with Gasteiger partial charge in [-0.15, -0.1) is 5.10 Å². The Hall–Kier alpha value is -4.20. The Kier molecular flexibility index (Phi) is 8.07. The highest BCUT2D eigenvalue weighted by molar-refractivity contribution is 7.59. The van der Waals surface area contributed by atoms with Gasteiger partial charge in [-0.1, -0.05) is 24.3 Å².